The number of thiazole rings is 1. The molecule has 0 spiro atoms. The van der Waals surface area contributed by atoms with Gasteiger partial charge in [-0.25, -0.2) is 4.98 Å². The van der Waals surface area contributed by atoms with Gasteiger partial charge in [-0.05, 0) is 6.42 Å². The minimum atomic E-state index is -0.108. The van der Waals surface area contributed by atoms with Gasteiger partial charge in [0.25, 0.3) is 0 Å². The van der Waals surface area contributed by atoms with Crippen molar-refractivity contribution in [2.24, 2.45) is 7.05 Å². The van der Waals surface area contributed by atoms with Crippen LogP contribution in [0.2, 0.25) is 0 Å². The Morgan fingerprint density at radius 1 is 1.61 bits per heavy atom. The van der Waals surface area contributed by atoms with Gasteiger partial charge in [-0.15, -0.1) is 11.3 Å². The number of hydrogen-bond acceptors (Lipinski definition) is 5. The standard InChI is InChI=1S/C11H15N5OS/c1-3-8-9(5-16(2)15-8)14-10(17)4-7-6-18-11(12)13-7/h5-6H,3-4H2,1-2H3,(H2,12,13)(H,14,17). The predicted octanol–water partition coefficient (Wildman–Crippen LogP) is 1.20. The summed E-state index contributed by atoms with van der Waals surface area (Å²) in [6.07, 6.45) is 2.80. The van der Waals surface area contributed by atoms with Crippen molar-refractivity contribution in [3.8, 4) is 0 Å². The first kappa shape index (κ1) is 12.6. The molecule has 3 N–H and O–H groups in total. The summed E-state index contributed by atoms with van der Waals surface area (Å²) in [6, 6.07) is 0. The maximum Gasteiger partial charge on any atom is 0.230 e. The fourth-order valence-corrected chi connectivity index (χ4v) is 2.23. The molecule has 0 saturated heterocycles. The fraction of sp³-hybridized carbons (Fsp3) is 0.364. The van der Waals surface area contributed by atoms with Crippen molar-refractivity contribution in [3.05, 3.63) is 23.0 Å². The normalized spacial score (nSPS) is 10.6. The Morgan fingerprint density at radius 2 is 2.39 bits per heavy atom. The molecular formula is C11H15N5OS. The van der Waals surface area contributed by atoms with E-state index in [0.29, 0.717) is 10.8 Å². The molecule has 0 fully saturated rings. The Morgan fingerprint density at radius 3 is 3.00 bits per heavy atom. The van der Waals surface area contributed by atoms with Crippen LogP contribution < -0.4 is 11.1 Å². The van der Waals surface area contributed by atoms with Crippen molar-refractivity contribution in [2.45, 2.75) is 19.8 Å². The molecule has 2 heterocycles. The van der Waals surface area contributed by atoms with Gasteiger partial charge in [0.1, 0.15) is 0 Å². The molecule has 0 aliphatic heterocycles. The summed E-state index contributed by atoms with van der Waals surface area (Å²) >= 11 is 1.33. The van der Waals surface area contributed by atoms with Gasteiger partial charge in [0.05, 0.1) is 23.5 Å². The highest BCUT2D eigenvalue weighted by Gasteiger charge is 2.11. The minimum Gasteiger partial charge on any atom is -0.375 e. The van der Waals surface area contributed by atoms with Gasteiger partial charge in [0.2, 0.25) is 5.91 Å². The number of rotatable bonds is 4. The summed E-state index contributed by atoms with van der Waals surface area (Å²) in [6.45, 7) is 2.00. The number of nitrogens with one attached hydrogen (secondary N) is 1. The van der Waals surface area contributed by atoms with Crippen molar-refractivity contribution in [1.29, 1.82) is 0 Å². The van der Waals surface area contributed by atoms with Crippen LogP contribution in [-0.2, 0) is 24.7 Å². The van der Waals surface area contributed by atoms with Crippen LogP contribution in [0.4, 0.5) is 10.8 Å². The number of aryl methyl sites for hydroxylation is 2. The van der Waals surface area contributed by atoms with Gasteiger partial charge in [0.15, 0.2) is 5.13 Å². The molecule has 2 rings (SSSR count). The molecule has 2 aromatic rings. The second-order valence-corrected chi connectivity index (χ2v) is 4.81. The summed E-state index contributed by atoms with van der Waals surface area (Å²) in [5.41, 5.74) is 7.85. The van der Waals surface area contributed by atoms with Crippen LogP contribution in [0.15, 0.2) is 11.6 Å². The van der Waals surface area contributed by atoms with Gasteiger partial charge >= 0.3 is 0 Å². The summed E-state index contributed by atoms with van der Waals surface area (Å²) < 4.78 is 1.69. The minimum absolute atomic E-state index is 0.108. The summed E-state index contributed by atoms with van der Waals surface area (Å²) in [5.74, 6) is -0.108. The van der Waals surface area contributed by atoms with Crippen molar-refractivity contribution in [1.82, 2.24) is 14.8 Å². The van der Waals surface area contributed by atoms with E-state index in [4.69, 9.17) is 5.73 Å². The van der Waals surface area contributed by atoms with Crippen LogP contribution in [0.5, 0.6) is 0 Å². The zero-order chi connectivity index (χ0) is 13.1. The van der Waals surface area contributed by atoms with Crippen LogP contribution >= 0.6 is 11.3 Å². The van der Waals surface area contributed by atoms with E-state index >= 15 is 0 Å². The average molecular weight is 265 g/mol. The molecule has 0 atom stereocenters. The lowest BCUT2D eigenvalue weighted by molar-refractivity contribution is -0.115. The Labute approximate surface area is 109 Å². The highest BCUT2D eigenvalue weighted by atomic mass is 32.1. The quantitative estimate of drug-likeness (QED) is 0.869. The largest absolute Gasteiger partial charge is 0.375 e. The lowest BCUT2D eigenvalue weighted by Crippen LogP contribution is -2.15. The third-order valence-corrected chi connectivity index (χ3v) is 3.15. The van der Waals surface area contributed by atoms with Crippen LogP contribution in [0.25, 0.3) is 0 Å². The predicted molar refractivity (Wildman–Crippen MR) is 71.4 cm³/mol. The molecule has 0 bridgehead atoms. The van der Waals surface area contributed by atoms with E-state index in [2.05, 4.69) is 15.4 Å². The van der Waals surface area contributed by atoms with Crippen molar-refractivity contribution < 1.29 is 4.79 Å². The monoisotopic (exact) mass is 265 g/mol. The smallest absolute Gasteiger partial charge is 0.230 e. The zero-order valence-corrected chi connectivity index (χ0v) is 11.1. The topological polar surface area (TPSA) is 85.8 Å². The first-order valence-electron chi connectivity index (χ1n) is 5.60. The van der Waals surface area contributed by atoms with Crippen LogP contribution in [0.3, 0.4) is 0 Å². The molecule has 0 radical (unpaired) electrons. The molecule has 7 heteroatoms. The number of carbonyl (C=O) groups is 1. The first-order chi connectivity index (χ1) is 8.58. The zero-order valence-electron chi connectivity index (χ0n) is 10.3. The summed E-state index contributed by atoms with van der Waals surface area (Å²) in [7, 11) is 1.83. The van der Waals surface area contributed by atoms with Crippen LogP contribution in [0.1, 0.15) is 18.3 Å². The average Bonchev–Trinajstić information content (AvgIpc) is 2.85. The van der Waals surface area contributed by atoms with E-state index in [1.807, 2.05) is 14.0 Å². The third-order valence-electron chi connectivity index (χ3n) is 2.43. The van der Waals surface area contributed by atoms with Crippen molar-refractivity contribution >= 4 is 28.1 Å². The highest BCUT2D eigenvalue weighted by molar-refractivity contribution is 7.13. The number of amides is 1. The molecule has 0 aliphatic rings. The first-order valence-corrected chi connectivity index (χ1v) is 6.48. The van der Waals surface area contributed by atoms with E-state index in [1.165, 1.54) is 11.3 Å². The molecule has 0 unspecified atom stereocenters. The summed E-state index contributed by atoms with van der Waals surface area (Å²) in [5, 5.41) is 9.37. The van der Waals surface area contributed by atoms with Crippen molar-refractivity contribution in [2.75, 3.05) is 11.1 Å². The number of carbonyl (C=O) groups excluding carboxylic acids is 1. The lowest BCUT2D eigenvalue weighted by atomic mass is 10.2. The van der Waals surface area contributed by atoms with E-state index < -0.39 is 0 Å². The molecule has 96 valence electrons. The number of nitrogen functional groups attached to an aromatic ring is 1. The van der Waals surface area contributed by atoms with E-state index in [1.54, 1.807) is 16.3 Å². The van der Waals surface area contributed by atoms with E-state index in [-0.39, 0.29) is 12.3 Å². The molecule has 6 nitrogen and oxygen atoms in total. The third kappa shape index (κ3) is 2.86. The van der Waals surface area contributed by atoms with Crippen LogP contribution in [-0.4, -0.2) is 20.7 Å². The van der Waals surface area contributed by atoms with E-state index in [0.717, 1.165) is 17.8 Å². The number of nitrogens with zero attached hydrogens (tertiary/aromatic N) is 3. The van der Waals surface area contributed by atoms with E-state index in [9.17, 15) is 4.79 Å². The summed E-state index contributed by atoms with van der Waals surface area (Å²) in [4.78, 5) is 15.9. The maximum atomic E-state index is 11.8. The molecule has 0 saturated carbocycles. The maximum absolute atomic E-state index is 11.8. The lowest BCUT2D eigenvalue weighted by Gasteiger charge is -2.02. The Bertz CT molecular complexity index is 560. The molecule has 18 heavy (non-hydrogen) atoms. The molecular weight excluding hydrogens is 250 g/mol. The SMILES string of the molecule is CCc1nn(C)cc1NC(=O)Cc1csc(N)n1. The van der Waals surface area contributed by atoms with Gasteiger partial charge < -0.3 is 11.1 Å². The second-order valence-electron chi connectivity index (χ2n) is 3.92. The van der Waals surface area contributed by atoms with Gasteiger partial charge in [-0.1, -0.05) is 6.92 Å². The van der Waals surface area contributed by atoms with Gasteiger partial charge in [-0.3, -0.25) is 9.48 Å². The number of anilines is 2. The fourth-order valence-electron chi connectivity index (χ4n) is 1.66. The van der Waals surface area contributed by atoms with Crippen molar-refractivity contribution in [3.63, 3.8) is 0 Å². The highest BCUT2D eigenvalue weighted by Crippen LogP contribution is 2.15. The van der Waals surface area contributed by atoms with Crippen LogP contribution in [0, 0.1) is 0 Å². The molecule has 0 aliphatic carbocycles. The molecule has 0 aromatic carbocycles. The Balaban J connectivity index is 2.02. The molecule has 1 amide bonds. The number of nitrogens with two attached hydrogens (primary N) is 1. The number of aromatic nitrogens is 3. The number of hydrogen-bond donors (Lipinski definition) is 2. The molecule has 2 aromatic heterocycles. The Kier molecular flexibility index (Phi) is 3.61. The Hall–Kier alpha value is -1.89. The van der Waals surface area contributed by atoms with Gasteiger partial charge in [-0.2, -0.15) is 5.10 Å². The second kappa shape index (κ2) is 5.18. The van der Waals surface area contributed by atoms with Gasteiger partial charge in [0, 0.05) is 18.6 Å².